The standard InChI is InChI=1S/C59H107N5O22.C4H10/c1-37-50(73)53(76)43(34-65)84-57(37)81-30-15-9-22-47(70)60-25-13-7-19-40(56(79)63-27-12-5-6-21-46(69)62-28-18-29-80-4)33-42(68)41(64-49(72)24-11-17-32-83-59-39(3)52(75)55(78)45(36-67)86-59)20-8-14-26-61-48(71)23-10-16-31-82-58-38(2)51(74)54(77)44(35-66)85-58;1-4(2)3/h37-41,43-45,50-55,57-59,65-67,73-78H,5-36H2,1-4H3,(H,60,70)(H,61,71)(H,62,69)(H,63,79)(H,64,72);4H,1-3H3/t37?,38?,39-,40?,41?,43?,44?,45?,50+,51+,52+,53-,54-,55-,57+,58+,59?;/m0./s1. The number of hydrogen-bond donors (Lipinski definition) is 14. The molecule has 27 heteroatoms. The Morgan fingerprint density at radius 2 is 0.767 bits per heavy atom. The quantitative estimate of drug-likeness (QED) is 0.0376. The van der Waals surface area contributed by atoms with Crippen molar-refractivity contribution in [1.82, 2.24) is 26.6 Å². The van der Waals surface area contributed by atoms with Crippen LogP contribution in [0.1, 0.15) is 176 Å². The summed E-state index contributed by atoms with van der Waals surface area (Å²) in [6, 6.07) is -0.960. The summed E-state index contributed by atoms with van der Waals surface area (Å²) in [6.45, 7) is 12.6. The SMILES string of the molecule is CC(C)C.COCCCNC(=O)CCCCCNC(=O)C(CCCCNC(=O)CCCCO[C@@H]1OC(CO)[C@H](O)[C@H](O)C1C)CC(=O)C(CCCCNC(=O)CCCCO[C@@H]1OC(CO)[C@H](O)[C@H](O)C1C)NC(=O)CCCCOC1OC(CO)[C@H](O)[C@H](O)[C@@H]1C. The van der Waals surface area contributed by atoms with E-state index in [1.165, 1.54) is 0 Å². The second-order valence-corrected chi connectivity index (χ2v) is 24.9. The number of ketones is 1. The van der Waals surface area contributed by atoms with Crippen molar-refractivity contribution in [2.75, 3.05) is 79.5 Å². The van der Waals surface area contributed by atoms with Crippen LogP contribution in [0.15, 0.2) is 0 Å². The molecule has 3 heterocycles. The van der Waals surface area contributed by atoms with E-state index in [0.29, 0.717) is 136 Å². The average molecular weight is 1300 g/mol. The molecule has 0 aliphatic carbocycles. The minimum atomic E-state index is -1.27. The molecule has 3 fully saturated rings. The summed E-state index contributed by atoms with van der Waals surface area (Å²) in [4.78, 5) is 79.5. The fourth-order valence-corrected chi connectivity index (χ4v) is 10.4. The lowest BCUT2D eigenvalue weighted by atomic mass is 9.91. The Bertz CT molecular complexity index is 1960. The highest BCUT2D eigenvalue weighted by Crippen LogP contribution is 2.30. The number of ether oxygens (including phenoxy) is 7. The number of aliphatic hydroxyl groups excluding tert-OH is 9. The van der Waals surface area contributed by atoms with Crippen molar-refractivity contribution in [2.45, 2.75) is 256 Å². The van der Waals surface area contributed by atoms with E-state index in [-0.39, 0.29) is 81.3 Å². The van der Waals surface area contributed by atoms with Gasteiger partial charge in [0.1, 0.15) is 36.6 Å². The van der Waals surface area contributed by atoms with Crippen LogP contribution in [0.25, 0.3) is 0 Å². The summed E-state index contributed by atoms with van der Waals surface area (Å²) in [7, 11) is 1.60. The van der Waals surface area contributed by atoms with Gasteiger partial charge in [-0.15, -0.1) is 0 Å². The van der Waals surface area contributed by atoms with E-state index in [0.717, 1.165) is 5.92 Å². The summed E-state index contributed by atoms with van der Waals surface area (Å²) < 4.78 is 39.2. The van der Waals surface area contributed by atoms with Crippen LogP contribution >= 0.6 is 0 Å². The van der Waals surface area contributed by atoms with Crippen molar-refractivity contribution in [1.29, 1.82) is 0 Å². The molecule has 0 aromatic carbocycles. The van der Waals surface area contributed by atoms with Gasteiger partial charge in [-0.2, -0.15) is 0 Å². The van der Waals surface area contributed by atoms with Gasteiger partial charge in [-0.25, -0.2) is 0 Å². The minimum Gasteiger partial charge on any atom is -0.394 e. The Labute approximate surface area is 533 Å². The predicted molar refractivity (Wildman–Crippen MR) is 330 cm³/mol. The Hall–Kier alpha value is -3.62. The van der Waals surface area contributed by atoms with E-state index in [1.54, 1.807) is 27.9 Å². The summed E-state index contributed by atoms with van der Waals surface area (Å²) in [6.07, 6.45) is -4.24. The number of amides is 5. The Morgan fingerprint density at radius 3 is 1.16 bits per heavy atom. The van der Waals surface area contributed by atoms with Crippen LogP contribution in [0.3, 0.4) is 0 Å². The number of methoxy groups -OCH3 is 1. The molecule has 14 N–H and O–H groups in total. The maximum atomic E-state index is 14.3. The molecule has 0 aromatic heterocycles. The van der Waals surface area contributed by atoms with Gasteiger partial charge in [-0.05, 0) is 95.8 Å². The van der Waals surface area contributed by atoms with Gasteiger partial charge in [0.2, 0.25) is 29.5 Å². The maximum Gasteiger partial charge on any atom is 0.223 e. The van der Waals surface area contributed by atoms with Gasteiger partial charge in [-0.1, -0.05) is 54.4 Å². The first-order chi connectivity index (χ1) is 43.0. The molecule has 5 amide bonds. The van der Waals surface area contributed by atoms with Crippen LogP contribution in [0, 0.1) is 29.6 Å². The molecule has 17 atom stereocenters. The number of unbranched alkanes of at least 4 members (excludes halogenated alkanes) is 7. The monoisotopic (exact) mass is 1300 g/mol. The van der Waals surface area contributed by atoms with Gasteiger partial charge < -0.3 is 106 Å². The average Bonchev–Trinajstić information content (AvgIpc) is 1.75. The van der Waals surface area contributed by atoms with Crippen molar-refractivity contribution in [3.63, 3.8) is 0 Å². The molecule has 0 radical (unpaired) electrons. The molecule has 0 bridgehead atoms. The van der Waals surface area contributed by atoms with E-state index in [1.807, 2.05) is 0 Å². The van der Waals surface area contributed by atoms with Crippen molar-refractivity contribution in [3.8, 4) is 0 Å². The van der Waals surface area contributed by atoms with Gasteiger partial charge in [0, 0.05) is 115 Å². The first-order valence-electron chi connectivity index (χ1n) is 33.1. The smallest absolute Gasteiger partial charge is 0.223 e. The third-order valence-corrected chi connectivity index (χ3v) is 16.1. The molecule has 27 nitrogen and oxygen atoms in total. The van der Waals surface area contributed by atoms with Gasteiger partial charge in [-0.3, -0.25) is 28.8 Å². The van der Waals surface area contributed by atoms with Crippen LogP contribution in [0.2, 0.25) is 0 Å². The molecule has 0 spiro atoms. The number of carbonyl (C=O) groups excluding carboxylic acids is 6. The van der Waals surface area contributed by atoms with Crippen molar-refractivity contribution in [3.05, 3.63) is 0 Å². The Morgan fingerprint density at radius 1 is 0.422 bits per heavy atom. The van der Waals surface area contributed by atoms with Gasteiger partial charge >= 0.3 is 0 Å². The summed E-state index contributed by atoms with van der Waals surface area (Å²) >= 11 is 0. The van der Waals surface area contributed by atoms with Crippen LogP contribution < -0.4 is 26.6 Å². The highest BCUT2D eigenvalue weighted by molar-refractivity contribution is 5.92. The van der Waals surface area contributed by atoms with Gasteiger partial charge in [0.25, 0.3) is 0 Å². The highest BCUT2D eigenvalue weighted by atomic mass is 16.7. The normalized spacial score (nSPS) is 27.4. The zero-order chi connectivity index (χ0) is 67.0. The number of Topliss-reactive ketones (excluding diaryl/α,β-unsaturated/α-hetero) is 1. The molecule has 8 unspecified atom stereocenters. The predicted octanol–water partition coefficient (Wildman–Crippen LogP) is 0.897. The van der Waals surface area contributed by atoms with Crippen LogP contribution in [-0.2, 0) is 61.9 Å². The second kappa shape index (κ2) is 48.1. The second-order valence-electron chi connectivity index (χ2n) is 24.9. The van der Waals surface area contributed by atoms with Crippen LogP contribution in [0.4, 0.5) is 0 Å². The lowest BCUT2D eigenvalue weighted by molar-refractivity contribution is -0.282. The van der Waals surface area contributed by atoms with Gasteiger partial charge in [0.15, 0.2) is 24.7 Å². The van der Waals surface area contributed by atoms with E-state index in [4.69, 9.17) is 33.2 Å². The first-order valence-corrected chi connectivity index (χ1v) is 33.1. The lowest BCUT2D eigenvalue weighted by Crippen LogP contribution is -2.55. The largest absolute Gasteiger partial charge is 0.394 e. The molecule has 3 rings (SSSR count). The highest BCUT2D eigenvalue weighted by Gasteiger charge is 2.45. The zero-order valence-corrected chi connectivity index (χ0v) is 54.9. The first kappa shape index (κ1) is 82.5. The maximum absolute atomic E-state index is 14.3. The summed E-state index contributed by atoms with van der Waals surface area (Å²) in [5, 5.41) is 104. The third-order valence-electron chi connectivity index (χ3n) is 16.1. The molecular formula is C63H117N5O22. The molecule has 0 aromatic rings. The van der Waals surface area contributed by atoms with Crippen molar-refractivity contribution < 1.29 is 108 Å². The van der Waals surface area contributed by atoms with Crippen molar-refractivity contribution >= 4 is 35.3 Å². The molecule has 3 aliphatic rings. The lowest BCUT2D eigenvalue weighted by Gasteiger charge is -2.40. The Balaban J connectivity index is 0.00000668. The van der Waals surface area contributed by atoms with Crippen molar-refractivity contribution in [2.24, 2.45) is 29.6 Å². The van der Waals surface area contributed by atoms with Gasteiger partial charge in [0.05, 0.1) is 44.2 Å². The van der Waals surface area contributed by atoms with E-state index < -0.39 is 129 Å². The number of nitrogens with one attached hydrogen (secondary N) is 5. The van der Waals surface area contributed by atoms with E-state index in [9.17, 15) is 74.7 Å². The van der Waals surface area contributed by atoms with E-state index >= 15 is 0 Å². The molecular weight excluding hydrogens is 1180 g/mol. The number of aliphatic hydroxyl groups is 9. The molecule has 90 heavy (non-hydrogen) atoms. The number of rotatable bonds is 46. The minimum absolute atomic E-state index is 0.0348. The molecule has 0 saturated carbocycles. The third kappa shape index (κ3) is 33.0. The number of carbonyl (C=O) groups is 6. The van der Waals surface area contributed by atoms with Crippen LogP contribution in [-0.4, -0.2) is 241 Å². The molecule has 3 saturated heterocycles. The molecule has 3 aliphatic heterocycles. The fraction of sp³-hybridized carbons (Fsp3) is 0.905. The van der Waals surface area contributed by atoms with E-state index in [2.05, 4.69) is 47.4 Å². The zero-order valence-electron chi connectivity index (χ0n) is 54.9. The summed E-state index contributed by atoms with van der Waals surface area (Å²) in [5.74, 6) is -3.10. The summed E-state index contributed by atoms with van der Waals surface area (Å²) in [5.41, 5.74) is 0. The topological polar surface area (TPSA) is 409 Å². The molecule has 526 valence electrons. The van der Waals surface area contributed by atoms with Crippen LogP contribution in [0.5, 0.6) is 0 Å². The Kier molecular flexibility index (Phi) is 44.1. The number of hydrogen-bond acceptors (Lipinski definition) is 22. The fourth-order valence-electron chi connectivity index (χ4n) is 10.4.